The first-order valence-corrected chi connectivity index (χ1v) is 10.4. The molecule has 0 heterocycles. The van der Waals surface area contributed by atoms with Gasteiger partial charge in [-0.1, -0.05) is 29.8 Å². The number of nitrogens with one attached hydrogen (secondary N) is 2. The molecule has 28 heavy (non-hydrogen) atoms. The number of hydrogen-bond acceptors (Lipinski definition) is 5. The lowest BCUT2D eigenvalue weighted by Crippen LogP contribution is -2.27. The Morgan fingerprint density at radius 3 is 2.43 bits per heavy atom. The Morgan fingerprint density at radius 1 is 1.14 bits per heavy atom. The van der Waals surface area contributed by atoms with E-state index in [0.717, 1.165) is 16.8 Å². The van der Waals surface area contributed by atoms with Gasteiger partial charge < -0.3 is 14.8 Å². The molecular formula is C19H23ClN2O5S. The van der Waals surface area contributed by atoms with Gasteiger partial charge in [0.25, 0.3) is 5.91 Å². The number of ether oxygens (including phenoxy) is 2. The summed E-state index contributed by atoms with van der Waals surface area (Å²) in [6, 6.07) is 9.77. The lowest BCUT2D eigenvalue weighted by Gasteiger charge is -2.13. The summed E-state index contributed by atoms with van der Waals surface area (Å²) in [6.45, 7) is 3.95. The molecule has 0 atom stereocenters. The zero-order valence-electron chi connectivity index (χ0n) is 15.9. The van der Waals surface area contributed by atoms with Crippen LogP contribution in [0.2, 0.25) is 5.02 Å². The average Bonchev–Trinajstić information content (AvgIpc) is 2.64. The van der Waals surface area contributed by atoms with E-state index in [2.05, 4.69) is 10.0 Å². The molecule has 0 saturated heterocycles. The molecule has 152 valence electrons. The monoisotopic (exact) mass is 426 g/mol. The number of rotatable bonds is 9. The number of amides is 1. The Balaban J connectivity index is 2.00. The highest BCUT2D eigenvalue weighted by atomic mass is 35.5. The van der Waals surface area contributed by atoms with Crippen LogP contribution in [0.25, 0.3) is 0 Å². The third-order valence-corrected chi connectivity index (χ3v) is 5.67. The van der Waals surface area contributed by atoms with Gasteiger partial charge in [0.1, 0.15) is 5.75 Å². The maximum Gasteiger partial charge on any atom is 0.262 e. The van der Waals surface area contributed by atoms with E-state index >= 15 is 0 Å². The molecule has 7 nitrogen and oxygen atoms in total. The quantitative estimate of drug-likeness (QED) is 0.601. The highest BCUT2D eigenvalue weighted by Gasteiger charge is 2.16. The first kappa shape index (κ1) is 22.2. The molecule has 0 fully saturated rings. The molecule has 2 rings (SSSR count). The number of anilines is 1. The summed E-state index contributed by atoms with van der Waals surface area (Å²) in [5, 5.41) is 2.90. The minimum atomic E-state index is -3.70. The molecular weight excluding hydrogens is 404 g/mol. The van der Waals surface area contributed by atoms with Crippen molar-refractivity contribution in [3.63, 3.8) is 0 Å². The number of aryl methyl sites for hydroxylation is 2. The van der Waals surface area contributed by atoms with Crippen LogP contribution in [-0.4, -0.2) is 41.2 Å². The van der Waals surface area contributed by atoms with Gasteiger partial charge in [-0.3, -0.25) is 4.79 Å². The molecule has 2 aromatic rings. The minimum absolute atomic E-state index is 0.000870. The van der Waals surface area contributed by atoms with E-state index in [1.54, 1.807) is 0 Å². The molecule has 0 saturated carbocycles. The van der Waals surface area contributed by atoms with Crippen LogP contribution in [0.5, 0.6) is 5.75 Å². The first-order valence-electron chi connectivity index (χ1n) is 8.51. The van der Waals surface area contributed by atoms with Crippen LogP contribution >= 0.6 is 11.6 Å². The van der Waals surface area contributed by atoms with Crippen molar-refractivity contribution in [3.05, 3.63) is 52.5 Å². The van der Waals surface area contributed by atoms with Gasteiger partial charge in [0.05, 0.1) is 16.5 Å². The smallest absolute Gasteiger partial charge is 0.262 e. The van der Waals surface area contributed by atoms with Crippen LogP contribution in [0.15, 0.2) is 41.3 Å². The van der Waals surface area contributed by atoms with Crippen LogP contribution in [-0.2, 0) is 19.6 Å². The van der Waals surface area contributed by atoms with Crippen molar-refractivity contribution in [2.45, 2.75) is 18.7 Å². The number of para-hydroxylation sites is 1. The highest BCUT2D eigenvalue weighted by Crippen LogP contribution is 2.27. The number of carbonyl (C=O) groups excluding carboxylic acids is 1. The molecule has 0 bridgehead atoms. The van der Waals surface area contributed by atoms with Crippen LogP contribution in [0.4, 0.5) is 5.69 Å². The van der Waals surface area contributed by atoms with E-state index < -0.39 is 10.0 Å². The fraction of sp³-hybridized carbons (Fsp3) is 0.316. The zero-order chi connectivity index (χ0) is 20.7. The van der Waals surface area contributed by atoms with E-state index in [9.17, 15) is 13.2 Å². The molecule has 2 N–H and O–H groups in total. The predicted molar refractivity (Wildman–Crippen MR) is 109 cm³/mol. The molecule has 0 radical (unpaired) electrons. The average molecular weight is 427 g/mol. The predicted octanol–water partition coefficient (Wildman–Crippen LogP) is 2.90. The number of methoxy groups -OCH3 is 1. The molecule has 0 aliphatic carbocycles. The van der Waals surface area contributed by atoms with Gasteiger partial charge in [0.15, 0.2) is 6.61 Å². The molecule has 0 spiro atoms. The van der Waals surface area contributed by atoms with Crippen LogP contribution in [0.3, 0.4) is 0 Å². The van der Waals surface area contributed by atoms with Crippen LogP contribution < -0.4 is 14.8 Å². The minimum Gasteiger partial charge on any atom is -0.482 e. The van der Waals surface area contributed by atoms with Gasteiger partial charge in [-0.15, -0.1) is 0 Å². The van der Waals surface area contributed by atoms with E-state index in [4.69, 9.17) is 21.1 Å². The summed E-state index contributed by atoms with van der Waals surface area (Å²) in [6.07, 6.45) is 0. The summed E-state index contributed by atoms with van der Waals surface area (Å²) in [5.41, 5.74) is 2.63. The number of halogens is 1. The Morgan fingerprint density at radius 2 is 1.82 bits per heavy atom. The largest absolute Gasteiger partial charge is 0.482 e. The molecule has 0 aliphatic heterocycles. The summed E-state index contributed by atoms with van der Waals surface area (Å²) in [7, 11) is -2.22. The summed E-state index contributed by atoms with van der Waals surface area (Å²) in [4.78, 5) is 12.2. The Kier molecular flexibility index (Phi) is 7.82. The van der Waals surface area contributed by atoms with Crippen molar-refractivity contribution < 1.29 is 22.7 Å². The Hall–Kier alpha value is -2.13. The standard InChI is InChI=1S/C19H23ClN2O5S/c1-13-5-4-6-14(2)19(13)22-18(23)12-27-17-8-7-15(11-16(17)20)28(24,25)21-9-10-26-3/h4-8,11,21H,9-10,12H2,1-3H3,(H,22,23). The molecule has 1 amide bonds. The van der Waals surface area contributed by atoms with Crippen LogP contribution in [0.1, 0.15) is 11.1 Å². The molecule has 0 aliphatic rings. The van der Waals surface area contributed by atoms with Crippen molar-refractivity contribution >= 4 is 33.2 Å². The third-order valence-electron chi connectivity index (χ3n) is 3.92. The number of sulfonamides is 1. The van der Waals surface area contributed by atoms with Crippen molar-refractivity contribution in [1.29, 1.82) is 0 Å². The van der Waals surface area contributed by atoms with Crippen molar-refractivity contribution in [3.8, 4) is 5.75 Å². The van der Waals surface area contributed by atoms with Gasteiger partial charge in [-0.2, -0.15) is 0 Å². The van der Waals surface area contributed by atoms with Crippen molar-refractivity contribution in [2.75, 3.05) is 32.2 Å². The summed E-state index contributed by atoms with van der Waals surface area (Å²) < 4.78 is 37.0. The van der Waals surface area contributed by atoms with Gasteiger partial charge in [-0.05, 0) is 43.2 Å². The molecule has 0 aromatic heterocycles. The Labute approximate surface area is 170 Å². The van der Waals surface area contributed by atoms with E-state index in [-0.39, 0.29) is 41.3 Å². The first-order chi connectivity index (χ1) is 13.2. The lowest BCUT2D eigenvalue weighted by molar-refractivity contribution is -0.118. The number of carbonyl (C=O) groups is 1. The van der Waals surface area contributed by atoms with E-state index in [0.29, 0.717) is 0 Å². The number of benzene rings is 2. The number of hydrogen-bond donors (Lipinski definition) is 2. The van der Waals surface area contributed by atoms with E-state index in [1.165, 1.54) is 25.3 Å². The second kappa shape index (κ2) is 9.88. The van der Waals surface area contributed by atoms with Gasteiger partial charge >= 0.3 is 0 Å². The lowest BCUT2D eigenvalue weighted by atomic mass is 10.1. The Bertz CT molecular complexity index is 927. The van der Waals surface area contributed by atoms with Crippen molar-refractivity contribution in [2.24, 2.45) is 0 Å². The molecule has 0 unspecified atom stereocenters. The maximum absolute atomic E-state index is 12.2. The highest BCUT2D eigenvalue weighted by molar-refractivity contribution is 7.89. The fourth-order valence-corrected chi connectivity index (χ4v) is 3.80. The van der Waals surface area contributed by atoms with Crippen LogP contribution in [0, 0.1) is 13.8 Å². The van der Waals surface area contributed by atoms with E-state index in [1.807, 2.05) is 32.0 Å². The normalized spacial score (nSPS) is 11.3. The second-order valence-corrected chi connectivity index (χ2v) is 8.26. The van der Waals surface area contributed by atoms with Gasteiger partial charge in [0.2, 0.25) is 10.0 Å². The van der Waals surface area contributed by atoms with Gasteiger partial charge in [-0.25, -0.2) is 13.1 Å². The molecule has 2 aromatic carbocycles. The third kappa shape index (κ3) is 5.93. The fourth-order valence-electron chi connectivity index (χ4n) is 2.46. The van der Waals surface area contributed by atoms with Crippen molar-refractivity contribution in [1.82, 2.24) is 4.72 Å². The molecule has 9 heteroatoms. The maximum atomic E-state index is 12.2. The second-order valence-electron chi connectivity index (χ2n) is 6.09. The summed E-state index contributed by atoms with van der Waals surface area (Å²) >= 11 is 6.12. The van der Waals surface area contributed by atoms with Gasteiger partial charge in [0, 0.05) is 19.3 Å². The summed E-state index contributed by atoms with van der Waals surface area (Å²) in [5.74, 6) is -0.124. The SMILES string of the molecule is COCCNS(=O)(=O)c1ccc(OCC(=O)Nc2c(C)cccc2C)c(Cl)c1. The zero-order valence-corrected chi connectivity index (χ0v) is 17.5. The topological polar surface area (TPSA) is 93.7 Å².